The molecule has 1 N–H and O–H groups in total. The molecular weight excluding hydrogens is 516 g/mol. The van der Waals surface area contributed by atoms with Crippen molar-refractivity contribution in [3.8, 4) is 5.75 Å². The highest BCUT2D eigenvalue weighted by molar-refractivity contribution is 9.11. The van der Waals surface area contributed by atoms with Gasteiger partial charge in [-0.2, -0.15) is 0 Å². The van der Waals surface area contributed by atoms with Crippen LogP contribution in [0, 0.1) is 0 Å². The largest absolute Gasteiger partial charge is 0.506 e. The Morgan fingerprint density at radius 3 is 2.21 bits per heavy atom. The Labute approximate surface area is 193 Å². The molecule has 1 amide bonds. The number of rotatable bonds is 3. The van der Waals surface area contributed by atoms with Gasteiger partial charge in [0.1, 0.15) is 5.75 Å². The Balaban J connectivity index is 1.65. The number of carbonyl (C=O) groups excluding carboxylic acids is 1. The molecular formula is C22H26Br2N2O2S. The first-order chi connectivity index (χ1) is 14.0. The van der Waals surface area contributed by atoms with Crippen LogP contribution < -0.4 is 0 Å². The number of nitrogens with zero attached hydrogens (tertiary/aromatic N) is 2. The van der Waals surface area contributed by atoms with Crippen LogP contribution in [0.4, 0.5) is 0 Å². The molecule has 1 aliphatic heterocycles. The Morgan fingerprint density at radius 1 is 1.00 bits per heavy atom. The lowest BCUT2D eigenvalue weighted by Gasteiger charge is -2.31. The highest BCUT2D eigenvalue weighted by Crippen LogP contribution is 2.40. The van der Waals surface area contributed by atoms with E-state index in [-0.39, 0.29) is 17.7 Å². The number of phenols is 1. The lowest BCUT2D eigenvalue weighted by Crippen LogP contribution is -2.41. The van der Waals surface area contributed by atoms with E-state index in [2.05, 4.69) is 31.9 Å². The smallest absolute Gasteiger partial charge is 0.266 e. The summed E-state index contributed by atoms with van der Waals surface area (Å²) in [6.45, 7) is 0. The van der Waals surface area contributed by atoms with Gasteiger partial charge in [-0.1, -0.05) is 38.5 Å². The Morgan fingerprint density at radius 2 is 1.59 bits per heavy atom. The van der Waals surface area contributed by atoms with Crippen LogP contribution in [0.3, 0.4) is 0 Å². The molecule has 0 radical (unpaired) electrons. The number of halogens is 2. The van der Waals surface area contributed by atoms with Crippen molar-refractivity contribution in [2.24, 2.45) is 4.99 Å². The second kappa shape index (κ2) is 9.56. The quantitative estimate of drug-likeness (QED) is 0.425. The van der Waals surface area contributed by atoms with E-state index >= 15 is 0 Å². The molecule has 0 spiro atoms. The van der Waals surface area contributed by atoms with E-state index < -0.39 is 0 Å². The highest BCUT2D eigenvalue weighted by Gasteiger charge is 2.39. The van der Waals surface area contributed by atoms with E-state index in [0.717, 1.165) is 41.3 Å². The molecule has 29 heavy (non-hydrogen) atoms. The minimum Gasteiger partial charge on any atom is -0.506 e. The topological polar surface area (TPSA) is 52.9 Å². The average molecular weight is 542 g/mol. The van der Waals surface area contributed by atoms with Crippen molar-refractivity contribution in [1.29, 1.82) is 0 Å². The van der Waals surface area contributed by atoms with Crippen LogP contribution in [0.1, 0.15) is 69.8 Å². The van der Waals surface area contributed by atoms with Crippen LogP contribution in [0.5, 0.6) is 5.75 Å². The number of thioether (sulfide) groups is 1. The van der Waals surface area contributed by atoms with Crippen molar-refractivity contribution in [3.63, 3.8) is 0 Å². The fraction of sp³-hybridized carbons (Fsp3) is 0.545. The maximum absolute atomic E-state index is 13.4. The zero-order chi connectivity index (χ0) is 20.4. The van der Waals surface area contributed by atoms with Crippen molar-refractivity contribution in [3.05, 3.63) is 31.5 Å². The van der Waals surface area contributed by atoms with E-state index in [0.29, 0.717) is 15.0 Å². The molecule has 1 heterocycles. The second-order valence-corrected chi connectivity index (χ2v) is 10.8. The zero-order valence-electron chi connectivity index (χ0n) is 16.4. The maximum Gasteiger partial charge on any atom is 0.266 e. The molecule has 0 unspecified atom stereocenters. The molecule has 7 heteroatoms. The van der Waals surface area contributed by atoms with Crippen LogP contribution in [0.15, 0.2) is 31.0 Å². The molecule has 4 rings (SSSR count). The summed E-state index contributed by atoms with van der Waals surface area (Å²) in [5.74, 6) is 0.248. The fourth-order valence-corrected chi connectivity index (χ4v) is 6.76. The SMILES string of the molecule is O=C1C(=Cc2cc(Br)c(O)c(Br)c2)SC(=NC2CCCCC2)N1C1CCCCC1. The second-order valence-electron chi connectivity index (χ2n) is 8.11. The van der Waals surface area contributed by atoms with Gasteiger partial charge in [0, 0.05) is 6.04 Å². The van der Waals surface area contributed by atoms with E-state index in [1.54, 1.807) is 0 Å². The number of hydrogen-bond donors (Lipinski definition) is 1. The summed E-state index contributed by atoms with van der Waals surface area (Å²) in [6.07, 6.45) is 13.7. The van der Waals surface area contributed by atoms with Crippen LogP contribution in [0.25, 0.3) is 6.08 Å². The van der Waals surface area contributed by atoms with E-state index in [4.69, 9.17) is 4.99 Å². The van der Waals surface area contributed by atoms with Crippen molar-refractivity contribution in [2.75, 3.05) is 0 Å². The van der Waals surface area contributed by atoms with E-state index in [1.165, 1.54) is 50.3 Å². The van der Waals surface area contributed by atoms with Gasteiger partial charge in [-0.15, -0.1) is 0 Å². The van der Waals surface area contributed by atoms with Crippen LogP contribution >= 0.6 is 43.6 Å². The molecule has 3 aliphatic rings. The summed E-state index contributed by atoms with van der Waals surface area (Å²) >= 11 is 8.28. The van der Waals surface area contributed by atoms with E-state index in [9.17, 15) is 9.90 Å². The highest BCUT2D eigenvalue weighted by atomic mass is 79.9. The Hall–Kier alpha value is -0.790. The molecule has 2 saturated carbocycles. The summed E-state index contributed by atoms with van der Waals surface area (Å²) < 4.78 is 1.21. The van der Waals surface area contributed by atoms with Crippen molar-refractivity contribution < 1.29 is 9.90 Å². The third kappa shape index (κ3) is 4.93. The molecule has 0 aromatic heterocycles. The lowest BCUT2D eigenvalue weighted by atomic mass is 9.94. The third-order valence-corrected chi connectivity index (χ3v) is 8.19. The summed E-state index contributed by atoms with van der Waals surface area (Å²) in [7, 11) is 0. The van der Waals surface area contributed by atoms with Crippen LogP contribution in [-0.4, -0.2) is 33.2 Å². The third-order valence-electron chi connectivity index (χ3n) is 5.98. The van der Waals surface area contributed by atoms with E-state index in [1.807, 2.05) is 23.1 Å². The summed E-state index contributed by atoms with van der Waals surface area (Å²) in [4.78, 5) is 21.2. The Kier molecular flexibility index (Phi) is 7.07. The Bertz CT molecular complexity index is 820. The summed E-state index contributed by atoms with van der Waals surface area (Å²) in [5, 5.41) is 10.9. The molecule has 3 fully saturated rings. The number of amides is 1. The standard InChI is InChI=1S/C22H26Br2N2O2S/c23-17-11-14(12-18(24)20(17)27)13-19-21(28)26(16-9-5-2-6-10-16)22(29-19)25-15-7-3-1-4-8-15/h11-13,15-16,27H,1-10H2. The number of hydrogen-bond acceptors (Lipinski definition) is 4. The van der Waals surface area contributed by atoms with Gasteiger partial charge in [-0.25, -0.2) is 0 Å². The summed E-state index contributed by atoms with van der Waals surface area (Å²) in [6, 6.07) is 4.29. The molecule has 1 saturated heterocycles. The molecule has 1 aromatic rings. The fourth-order valence-electron chi connectivity index (χ4n) is 4.42. The van der Waals surface area contributed by atoms with Crippen molar-refractivity contribution in [2.45, 2.75) is 76.3 Å². The monoisotopic (exact) mass is 540 g/mol. The number of benzene rings is 1. The van der Waals surface area contributed by atoms with Gasteiger partial charge in [0.05, 0.1) is 19.9 Å². The van der Waals surface area contributed by atoms with Crippen molar-refractivity contribution in [1.82, 2.24) is 4.90 Å². The number of phenolic OH excluding ortho intramolecular Hbond substituents is 1. The molecule has 4 nitrogen and oxygen atoms in total. The molecule has 0 atom stereocenters. The zero-order valence-corrected chi connectivity index (χ0v) is 20.4. The van der Waals surface area contributed by atoms with Gasteiger partial charge in [-0.05, 0) is 93.1 Å². The minimum absolute atomic E-state index is 0.0804. The normalized spacial score (nSPS) is 24.8. The average Bonchev–Trinajstić information content (AvgIpc) is 3.02. The minimum atomic E-state index is 0.0804. The van der Waals surface area contributed by atoms with Crippen LogP contribution in [-0.2, 0) is 4.79 Å². The number of aromatic hydroxyl groups is 1. The molecule has 0 bridgehead atoms. The van der Waals surface area contributed by atoms with Gasteiger partial charge in [0.25, 0.3) is 5.91 Å². The molecule has 2 aliphatic carbocycles. The predicted molar refractivity (Wildman–Crippen MR) is 127 cm³/mol. The molecule has 156 valence electrons. The van der Waals surface area contributed by atoms with Gasteiger partial charge in [-0.3, -0.25) is 14.7 Å². The van der Waals surface area contributed by atoms with Crippen LogP contribution in [0.2, 0.25) is 0 Å². The van der Waals surface area contributed by atoms with Gasteiger partial charge >= 0.3 is 0 Å². The first kappa shape index (κ1) is 21.4. The van der Waals surface area contributed by atoms with Gasteiger partial charge < -0.3 is 5.11 Å². The van der Waals surface area contributed by atoms with Crippen molar-refractivity contribution >= 4 is 60.8 Å². The first-order valence-corrected chi connectivity index (χ1v) is 12.9. The number of amidine groups is 1. The number of aliphatic imine (C=N–C) groups is 1. The summed E-state index contributed by atoms with van der Waals surface area (Å²) in [5.41, 5.74) is 0.875. The lowest BCUT2D eigenvalue weighted by molar-refractivity contribution is -0.124. The molecule has 1 aromatic carbocycles. The maximum atomic E-state index is 13.4. The number of carbonyl (C=O) groups is 1. The first-order valence-electron chi connectivity index (χ1n) is 10.5. The predicted octanol–water partition coefficient (Wildman–Crippen LogP) is 6.85. The van der Waals surface area contributed by atoms with Gasteiger partial charge in [0.2, 0.25) is 0 Å². The van der Waals surface area contributed by atoms with Gasteiger partial charge in [0.15, 0.2) is 5.17 Å².